The lowest BCUT2D eigenvalue weighted by Crippen LogP contribution is -3.14. The van der Waals surface area contributed by atoms with Crippen molar-refractivity contribution < 1.29 is 28.7 Å². The van der Waals surface area contributed by atoms with Gasteiger partial charge in [-0.05, 0) is 35.7 Å². The Morgan fingerprint density at radius 3 is 2.59 bits per heavy atom. The molecule has 2 aliphatic heterocycles. The van der Waals surface area contributed by atoms with Crippen LogP contribution in [0.5, 0.6) is 0 Å². The first-order chi connectivity index (χ1) is 14.1. The van der Waals surface area contributed by atoms with Crippen molar-refractivity contribution in [2.24, 2.45) is 0 Å². The Morgan fingerprint density at radius 2 is 1.93 bits per heavy atom. The number of aliphatic hydroxyl groups is 1. The molecule has 2 saturated heterocycles. The van der Waals surface area contributed by atoms with Gasteiger partial charge in [0.05, 0.1) is 37.9 Å². The summed E-state index contributed by atoms with van der Waals surface area (Å²) in [5.41, 5.74) is 0.366. The highest BCUT2D eigenvalue weighted by atomic mass is 32.1. The van der Waals surface area contributed by atoms with Gasteiger partial charge in [-0.25, -0.2) is 4.39 Å². The molecular weight excluding hydrogens is 395 g/mol. The number of nitrogens with one attached hydrogen (secondary N) is 1. The summed E-state index contributed by atoms with van der Waals surface area (Å²) in [6.45, 7) is 4.21. The molecule has 0 spiro atoms. The van der Waals surface area contributed by atoms with Crippen LogP contribution in [0.3, 0.4) is 0 Å². The third-order valence-corrected chi connectivity index (χ3v) is 6.30. The number of rotatable bonds is 5. The molecule has 0 aliphatic carbocycles. The van der Waals surface area contributed by atoms with Crippen LogP contribution >= 0.6 is 11.3 Å². The number of nitrogens with zero attached hydrogens (tertiary/aromatic N) is 1. The number of carbonyl (C=O) groups excluding carboxylic acids is 2. The molecular formula is C21H22FN2O4S+. The summed E-state index contributed by atoms with van der Waals surface area (Å²) >= 11 is 1.43. The molecule has 4 rings (SSSR count). The van der Waals surface area contributed by atoms with E-state index in [4.69, 9.17) is 4.74 Å². The highest BCUT2D eigenvalue weighted by Gasteiger charge is 2.46. The molecule has 2 N–H and O–H groups in total. The largest absolute Gasteiger partial charge is 0.507 e. The van der Waals surface area contributed by atoms with E-state index in [0.29, 0.717) is 31.9 Å². The molecule has 0 bridgehead atoms. The lowest BCUT2D eigenvalue weighted by atomic mass is 10.00. The summed E-state index contributed by atoms with van der Waals surface area (Å²) in [5, 5.41) is 12.7. The van der Waals surface area contributed by atoms with Crippen LogP contribution in [0.4, 0.5) is 4.39 Å². The van der Waals surface area contributed by atoms with Crippen LogP contribution < -0.4 is 4.90 Å². The summed E-state index contributed by atoms with van der Waals surface area (Å²) in [4.78, 5) is 29.4. The molecule has 152 valence electrons. The van der Waals surface area contributed by atoms with E-state index in [2.05, 4.69) is 0 Å². The van der Waals surface area contributed by atoms with E-state index in [-0.39, 0.29) is 11.3 Å². The number of benzene rings is 1. The molecule has 1 aromatic carbocycles. The molecule has 2 aliphatic rings. The Bertz CT molecular complexity index is 921. The molecule has 2 fully saturated rings. The lowest BCUT2D eigenvalue weighted by Gasteiger charge is -2.28. The average Bonchev–Trinajstić information content (AvgIpc) is 3.35. The number of morpholine rings is 1. The second-order valence-corrected chi connectivity index (χ2v) is 8.11. The van der Waals surface area contributed by atoms with E-state index in [1.807, 2.05) is 17.5 Å². The molecule has 1 amide bonds. The van der Waals surface area contributed by atoms with Crippen LogP contribution in [-0.4, -0.2) is 61.1 Å². The number of halogens is 1. The summed E-state index contributed by atoms with van der Waals surface area (Å²) in [5.74, 6) is -2.03. The van der Waals surface area contributed by atoms with Gasteiger partial charge < -0.3 is 19.6 Å². The fourth-order valence-electron chi connectivity index (χ4n) is 3.81. The lowest BCUT2D eigenvalue weighted by molar-refractivity contribution is -0.907. The van der Waals surface area contributed by atoms with Gasteiger partial charge in [-0.2, -0.15) is 0 Å². The first-order valence-corrected chi connectivity index (χ1v) is 10.4. The summed E-state index contributed by atoms with van der Waals surface area (Å²) < 4.78 is 18.6. The molecule has 1 aromatic heterocycles. The topological polar surface area (TPSA) is 71.3 Å². The summed E-state index contributed by atoms with van der Waals surface area (Å²) in [6.07, 6.45) is 0. The molecule has 0 radical (unpaired) electrons. The van der Waals surface area contributed by atoms with E-state index in [9.17, 15) is 19.1 Å². The third kappa shape index (κ3) is 3.96. The Morgan fingerprint density at radius 1 is 1.21 bits per heavy atom. The number of quaternary nitrogens is 1. The van der Waals surface area contributed by atoms with Crippen LogP contribution in [0.1, 0.15) is 16.5 Å². The van der Waals surface area contributed by atoms with Gasteiger partial charge >= 0.3 is 0 Å². The predicted octanol–water partition coefficient (Wildman–Crippen LogP) is 1.22. The van der Waals surface area contributed by atoms with Crippen LogP contribution in [0.2, 0.25) is 0 Å². The van der Waals surface area contributed by atoms with Crippen molar-refractivity contribution in [1.82, 2.24) is 4.90 Å². The van der Waals surface area contributed by atoms with Gasteiger partial charge in [0.25, 0.3) is 11.7 Å². The monoisotopic (exact) mass is 417 g/mol. The maximum absolute atomic E-state index is 13.3. The Kier molecular flexibility index (Phi) is 5.75. The summed E-state index contributed by atoms with van der Waals surface area (Å²) in [6, 6.07) is 8.31. The van der Waals surface area contributed by atoms with E-state index in [0.717, 1.165) is 18.0 Å². The Labute approximate surface area is 171 Å². The number of hydrogen-bond acceptors (Lipinski definition) is 5. The zero-order chi connectivity index (χ0) is 20.4. The molecule has 3 heterocycles. The maximum atomic E-state index is 13.3. The number of Topliss-reactive ketones (excluding diaryl/α,β-unsaturated/α-hetero) is 1. The fraction of sp³-hybridized carbons (Fsp3) is 0.333. The molecule has 6 nitrogen and oxygen atoms in total. The van der Waals surface area contributed by atoms with E-state index < -0.39 is 23.5 Å². The third-order valence-electron chi connectivity index (χ3n) is 5.38. The van der Waals surface area contributed by atoms with E-state index in [1.54, 1.807) is 4.90 Å². The second-order valence-electron chi connectivity index (χ2n) is 7.13. The van der Waals surface area contributed by atoms with E-state index >= 15 is 0 Å². The SMILES string of the molecule is O=C1C(=O)N(CC[NH+]2CCOCC2)[C@@H](c2cccs2)C1=C(O)c1ccc(F)cc1. The van der Waals surface area contributed by atoms with Crippen molar-refractivity contribution in [3.8, 4) is 0 Å². The predicted molar refractivity (Wildman–Crippen MR) is 106 cm³/mol. The van der Waals surface area contributed by atoms with Gasteiger partial charge in [-0.3, -0.25) is 9.59 Å². The molecule has 29 heavy (non-hydrogen) atoms. The highest BCUT2D eigenvalue weighted by molar-refractivity contribution is 7.10. The van der Waals surface area contributed by atoms with Crippen LogP contribution in [0, 0.1) is 5.82 Å². The average molecular weight is 417 g/mol. The Balaban J connectivity index is 1.68. The Hall–Kier alpha value is -2.55. The van der Waals surface area contributed by atoms with Gasteiger partial charge in [-0.15, -0.1) is 11.3 Å². The van der Waals surface area contributed by atoms with Gasteiger partial charge in [0.15, 0.2) is 0 Å². The standard InChI is InChI=1S/C21H21FN2O4S/c22-15-5-3-14(4-6-15)19(25)17-18(16-2-1-13-29-16)24(21(27)20(17)26)8-7-23-9-11-28-12-10-23/h1-6,13,18,25H,7-12H2/p+1/t18-/m0/s1. The minimum absolute atomic E-state index is 0.0565. The number of hydrogen-bond donors (Lipinski definition) is 2. The van der Waals surface area contributed by atoms with Crippen molar-refractivity contribution in [3.63, 3.8) is 0 Å². The van der Waals surface area contributed by atoms with Gasteiger partial charge in [-0.1, -0.05) is 6.07 Å². The summed E-state index contributed by atoms with van der Waals surface area (Å²) in [7, 11) is 0. The fourth-order valence-corrected chi connectivity index (χ4v) is 4.65. The maximum Gasteiger partial charge on any atom is 0.295 e. The van der Waals surface area contributed by atoms with Crippen molar-refractivity contribution in [2.45, 2.75) is 6.04 Å². The highest BCUT2D eigenvalue weighted by Crippen LogP contribution is 2.40. The first kappa shape index (κ1) is 19.8. The molecule has 0 saturated carbocycles. The number of ketones is 1. The van der Waals surface area contributed by atoms with Gasteiger partial charge in [0, 0.05) is 10.4 Å². The number of ether oxygens (including phenoxy) is 1. The van der Waals surface area contributed by atoms with Gasteiger partial charge in [0.1, 0.15) is 24.7 Å². The zero-order valence-electron chi connectivity index (χ0n) is 15.8. The van der Waals surface area contributed by atoms with Gasteiger partial charge in [0.2, 0.25) is 0 Å². The molecule has 1 atom stereocenters. The van der Waals surface area contributed by atoms with Crippen LogP contribution in [-0.2, 0) is 14.3 Å². The second kappa shape index (κ2) is 8.44. The number of likely N-dealkylation sites (tertiary alicyclic amines) is 1. The van der Waals surface area contributed by atoms with Crippen LogP contribution in [0.25, 0.3) is 5.76 Å². The number of amides is 1. The smallest absolute Gasteiger partial charge is 0.295 e. The number of thiophene rings is 1. The molecule has 2 aromatic rings. The molecule has 0 unspecified atom stereocenters. The minimum atomic E-state index is -0.706. The zero-order valence-corrected chi connectivity index (χ0v) is 16.6. The first-order valence-electron chi connectivity index (χ1n) is 9.55. The van der Waals surface area contributed by atoms with Crippen molar-refractivity contribution >= 4 is 28.8 Å². The normalized spacial score (nSPS) is 22.4. The van der Waals surface area contributed by atoms with Crippen molar-refractivity contribution in [1.29, 1.82) is 0 Å². The van der Waals surface area contributed by atoms with Crippen molar-refractivity contribution in [2.75, 3.05) is 39.4 Å². The number of carbonyl (C=O) groups is 2. The quantitative estimate of drug-likeness (QED) is 0.436. The number of aliphatic hydroxyl groups excluding tert-OH is 1. The van der Waals surface area contributed by atoms with Crippen LogP contribution in [0.15, 0.2) is 47.4 Å². The van der Waals surface area contributed by atoms with Crippen molar-refractivity contribution in [3.05, 3.63) is 63.6 Å². The minimum Gasteiger partial charge on any atom is -0.507 e. The molecule has 8 heteroatoms. The van der Waals surface area contributed by atoms with E-state index in [1.165, 1.54) is 40.5 Å².